The number of anilines is 1. The summed E-state index contributed by atoms with van der Waals surface area (Å²) in [5, 5.41) is 8.59. The summed E-state index contributed by atoms with van der Waals surface area (Å²) in [5.74, 6) is 1.56. The molecule has 1 amide bonds. The first-order valence-electron chi connectivity index (χ1n) is 10.3. The Bertz CT molecular complexity index is 771. The van der Waals surface area contributed by atoms with E-state index in [2.05, 4.69) is 51.2 Å². The van der Waals surface area contributed by atoms with Crippen LogP contribution in [0.4, 0.5) is 5.82 Å². The van der Waals surface area contributed by atoms with Crippen molar-refractivity contribution in [1.82, 2.24) is 20.0 Å². The molecule has 2 saturated heterocycles. The maximum atomic E-state index is 12.8. The standard InChI is InChI=1S/C22H29N5O/c1-18-6-5-11-27(16-18)21-10-9-20(23-24-21)22(28)26-14-12-25(13-15-26)17-19-7-3-2-4-8-19/h2-4,7-10,18H,5-6,11-17H2,1H3. The Morgan fingerprint density at radius 1 is 1.00 bits per heavy atom. The highest BCUT2D eigenvalue weighted by molar-refractivity contribution is 5.92. The van der Waals surface area contributed by atoms with Gasteiger partial charge in [-0.3, -0.25) is 9.69 Å². The molecule has 3 heterocycles. The molecular formula is C22H29N5O. The van der Waals surface area contributed by atoms with Gasteiger partial charge in [0.2, 0.25) is 0 Å². The van der Waals surface area contributed by atoms with Gasteiger partial charge in [0, 0.05) is 45.8 Å². The number of carbonyl (C=O) groups excluding carboxylic acids is 1. The summed E-state index contributed by atoms with van der Waals surface area (Å²) in [6.07, 6.45) is 2.47. The van der Waals surface area contributed by atoms with Gasteiger partial charge < -0.3 is 9.80 Å². The molecule has 0 spiro atoms. The second-order valence-corrected chi connectivity index (χ2v) is 8.02. The van der Waals surface area contributed by atoms with E-state index in [4.69, 9.17) is 0 Å². The Morgan fingerprint density at radius 2 is 1.79 bits per heavy atom. The van der Waals surface area contributed by atoms with Crippen LogP contribution in [0.15, 0.2) is 42.5 Å². The molecule has 148 valence electrons. The van der Waals surface area contributed by atoms with Crippen LogP contribution < -0.4 is 4.90 Å². The zero-order valence-electron chi connectivity index (χ0n) is 16.6. The van der Waals surface area contributed by atoms with Gasteiger partial charge in [-0.05, 0) is 36.5 Å². The molecular weight excluding hydrogens is 350 g/mol. The molecule has 6 heteroatoms. The van der Waals surface area contributed by atoms with Crippen LogP contribution in [0.1, 0.15) is 35.8 Å². The van der Waals surface area contributed by atoms with E-state index in [1.165, 1.54) is 18.4 Å². The third-order valence-electron chi connectivity index (χ3n) is 5.76. The van der Waals surface area contributed by atoms with Gasteiger partial charge >= 0.3 is 0 Å². The third-order valence-corrected chi connectivity index (χ3v) is 5.76. The van der Waals surface area contributed by atoms with Crippen LogP contribution in [0.2, 0.25) is 0 Å². The van der Waals surface area contributed by atoms with Crippen LogP contribution in [-0.2, 0) is 6.54 Å². The predicted octanol–water partition coefficient (Wildman–Crippen LogP) is 2.67. The van der Waals surface area contributed by atoms with E-state index in [1.54, 1.807) is 0 Å². The molecule has 2 aliphatic heterocycles. The molecule has 2 fully saturated rings. The van der Waals surface area contributed by atoms with E-state index < -0.39 is 0 Å². The van der Waals surface area contributed by atoms with Crippen molar-refractivity contribution in [2.75, 3.05) is 44.2 Å². The van der Waals surface area contributed by atoms with E-state index in [9.17, 15) is 4.79 Å². The quantitative estimate of drug-likeness (QED) is 0.818. The van der Waals surface area contributed by atoms with Crippen molar-refractivity contribution in [3.8, 4) is 0 Å². The van der Waals surface area contributed by atoms with E-state index in [0.717, 1.165) is 51.6 Å². The molecule has 1 unspecified atom stereocenters. The first-order valence-corrected chi connectivity index (χ1v) is 10.3. The van der Waals surface area contributed by atoms with Crippen LogP contribution in [-0.4, -0.2) is 65.2 Å². The van der Waals surface area contributed by atoms with E-state index in [-0.39, 0.29) is 5.91 Å². The maximum Gasteiger partial charge on any atom is 0.274 e. The molecule has 6 nitrogen and oxygen atoms in total. The van der Waals surface area contributed by atoms with Crippen LogP contribution in [0, 0.1) is 5.92 Å². The molecule has 1 aromatic carbocycles. The molecule has 1 atom stereocenters. The number of nitrogens with zero attached hydrogens (tertiary/aromatic N) is 5. The maximum absolute atomic E-state index is 12.8. The van der Waals surface area contributed by atoms with Crippen molar-refractivity contribution in [1.29, 1.82) is 0 Å². The molecule has 0 radical (unpaired) electrons. The molecule has 4 rings (SSSR count). The monoisotopic (exact) mass is 379 g/mol. The minimum atomic E-state index is -0.00887. The molecule has 0 bridgehead atoms. The van der Waals surface area contributed by atoms with E-state index in [1.807, 2.05) is 23.1 Å². The van der Waals surface area contributed by atoms with Crippen molar-refractivity contribution in [2.24, 2.45) is 5.92 Å². The van der Waals surface area contributed by atoms with Gasteiger partial charge in [-0.15, -0.1) is 10.2 Å². The number of aromatic nitrogens is 2. The number of amides is 1. The largest absolute Gasteiger partial charge is 0.355 e. The van der Waals surface area contributed by atoms with Gasteiger partial charge in [0.1, 0.15) is 0 Å². The van der Waals surface area contributed by atoms with Crippen molar-refractivity contribution in [3.63, 3.8) is 0 Å². The summed E-state index contributed by atoms with van der Waals surface area (Å²) in [7, 11) is 0. The normalized spacial score (nSPS) is 21.0. The summed E-state index contributed by atoms with van der Waals surface area (Å²) in [6, 6.07) is 14.3. The highest BCUT2D eigenvalue weighted by atomic mass is 16.2. The molecule has 0 N–H and O–H groups in total. The molecule has 2 aliphatic rings. The Kier molecular flexibility index (Phi) is 5.86. The molecule has 1 aromatic heterocycles. The predicted molar refractivity (Wildman–Crippen MR) is 110 cm³/mol. The Balaban J connectivity index is 1.31. The fourth-order valence-corrected chi connectivity index (χ4v) is 4.12. The number of piperazine rings is 1. The number of piperidine rings is 1. The average molecular weight is 380 g/mol. The summed E-state index contributed by atoms with van der Waals surface area (Å²) in [6.45, 7) is 8.49. The van der Waals surface area contributed by atoms with Gasteiger partial charge in [-0.1, -0.05) is 37.3 Å². The fraction of sp³-hybridized carbons (Fsp3) is 0.500. The number of rotatable bonds is 4. The zero-order valence-corrected chi connectivity index (χ0v) is 16.6. The lowest BCUT2D eigenvalue weighted by Crippen LogP contribution is -2.48. The summed E-state index contributed by atoms with van der Waals surface area (Å²) >= 11 is 0. The van der Waals surface area contributed by atoms with Gasteiger partial charge in [0.05, 0.1) is 0 Å². The fourth-order valence-electron chi connectivity index (χ4n) is 4.12. The van der Waals surface area contributed by atoms with E-state index >= 15 is 0 Å². The first-order chi connectivity index (χ1) is 13.7. The Morgan fingerprint density at radius 3 is 2.46 bits per heavy atom. The SMILES string of the molecule is CC1CCCN(c2ccc(C(=O)N3CCN(Cc4ccccc4)CC3)nn2)C1. The summed E-state index contributed by atoms with van der Waals surface area (Å²) in [4.78, 5) is 19.4. The zero-order chi connectivity index (χ0) is 19.3. The van der Waals surface area contributed by atoms with Crippen molar-refractivity contribution in [2.45, 2.75) is 26.3 Å². The summed E-state index contributed by atoms with van der Waals surface area (Å²) < 4.78 is 0. The highest BCUT2D eigenvalue weighted by Gasteiger charge is 2.24. The lowest BCUT2D eigenvalue weighted by atomic mass is 10.0. The second kappa shape index (κ2) is 8.69. The van der Waals surface area contributed by atoms with Crippen LogP contribution in [0.3, 0.4) is 0 Å². The smallest absolute Gasteiger partial charge is 0.274 e. The number of carbonyl (C=O) groups is 1. The first kappa shape index (κ1) is 18.9. The van der Waals surface area contributed by atoms with Crippen LogP contribution in [0.25, 0.3) is 0 Å². The molecule has 0 saturated carbocycles. The van der Waals surface area contributed by atoms with E-state index in [0.29, 0.717) is 11.6 Å². The van der Waals surface area contributed by atoms with Gasteiger partial charge in [-0.25, -0.2) is 0 Å². The number of hydrogen-bond acceptors (Lipinski definition) is 5. The molecule has 2 aromatic rings. The lowest BCUT2D eigenvalue weighted by molar-refractivity contribution is 0.0621. The topological polar surface area (TPSA) is 52.6 Å². The second-order valence-electron chi connectivity index (χ2n) is 8.02. The van der Waals surface area contributed by atoms with Crippen LogP contribution in [0.5, 0.6) is 0 Å². The number of benzene rings is 1. The Hall–Kier alpha value is -2.47. The third kappa shape index (κ3) is 4.50. The molecule has 0 aliphatic carbocycles. The van der Waals surface area contributed by atoms with Gasteiger partial charge in [0.15, 0.2) is 11.5 Å². The minimum absolute atomic E-state index is 0.00887. The van der Waals surface area contributed by atoms with Gasteiger partial charge in [-0.2, -0.15) is 0 Å². The average Bonchev–Trinajstić information content (AvgIpc) is 2.75. The minimum Gasteiger partial charge on any atom is -0.355 e. The van der Waals surface area contributed by atoms with Crippen molar-refractivity contribution < 1.29 is 4.79 Å². The van der Waals surface area contributed by atoms with Crippen molar-refractivity contribution in [3.05, 3.63) is 53.7 Å². The lowest BCUT2D eigenvalue weighted by Gasteiger charge is -2.34. The highest BCUT2D eigenvalue weighted by Crippen LogP contribution is 2.21. The van der Waals surface area contributed by atoms with Crippen LogP contribution >= 0.6 is 0 Å². The molecule has 28 heavy (non-hydrogen) atoms. The Labute approximate surface area is 167 Å². The summed E-state index contributed by atoms with van der Waals surface area (Å²) in [5.41, 5.74) is 1.76. The van der Waals surface area contributed by atoms with Crippen molar-refractivity contribution >= 4 is 11.7 Å². The van der Waals surface area contributed by atoms with Gasteiger partial charge in [0.25, 0.3) is 5.91 Å². The number of hydrogen-bond donors (Lipinski definition) is 0.